The molecule has 2 bridgehead atoms. The minimum atomic E-state index is -1.10. The molecule has 2 aromatic rings. The fraction of sp³-hybridized carbons (Fsp3) is 0.607. The van der Waals surface area contributed by atoms with Crippen LogP contribution < -0.4 is 0 Å². The molecule has 1 saturated carbocycles. The van der Waals surface area contributed by atoms with Crippen molar-refractivity contribution in [3.63, 3.8) is 0 Å². The van der Waals surface area contributed by atoms with Crippen LogP contribution in [0.15, 0.2) is 42.1 Å². The molecule has 0 radical (unpaired) electrons. The summed E-state index contributed by atoms with van der Waals surface area (Å²) in [7, 11) is 0. The van der Waals surface area contributed by atoms with Crippen LogP contribution in [0.25, 0.3) is 10.9 Å². The Hall–Kier alpha value is -1.91. The van der Waals surface area contributed by atoms with E-state index in [9.17, 15) is 4.79 Å². The number of H-pyrrole nitrogens is 1. The number of benzene rings is 1. The van der Waals surface area contributed by atoms with Crippen molar-refractivity contribution in [3.05, 3.63) is 47.7 Å². The van der Waals surface area contributed by atoms with Crippen molar-refractivity contribution in [2.75, 3.05) is 0 Å². The first-order valence-corrected chi connectivity index (χ1v) is 12.3. The number of hydrogen-bond acceptors (Lipinski definition) is 3. The third-order valence-electron chi connectivity index (χ3n) is 9.63. The molecule has 4 aliphatic rings. The standard InChI is InChI=1S/C28H35NO3/c1-25(2)18(14-17-16-29-22-9-7-6-8-19(17)22)10-11-20-21(25)15-23(30)28-27(20,5)13-12-24(31-28)26(3,4)32-28/h6-9,15-16,18,20,24,29H,10-14H2,1-5H3/t18-,20+,24-,27-,28-/m0/s1. The average molecular weight is 434 g/mol. The summed E-state index contributed by atoms with van der Waals surface area (Å²) in [5, 5.41) is 1.32. The molecule has 32 heavy (non-hydrogen) atoms. The van der Waals surface area contributed by atoms with Crippen molar-refractivity contribution in [1.29, 1.82) is 0 Å². The second kappa shape index (κ2) is 6.36. The van der Waals surface area contributed by atoms with Gasteiger partial charge in [-0.05, 0) is 80.9 Å². The molecule has 170 valence electrons. The van der Waals surface area contributed by atoms with Crippen LogP contribution in [0, 0.1) is 22.7 Å². The van der Waals surface area contributed by atoms with Gasteiger partial charge in [-0.25, -0.2) is 0 Å². The monoisotopic (exact) mass is 433 g/mol. The van der Waals surface area contributed by atoms with E-state index >= 15 is 0 Å². The Bertz CT molecular complexity index is 1140. The smallest absolute Gasteiger partial charge is 0.240 e. The van der Waals surface area contributed by atoms with Crippen LogP contribution in [0.3, 0.4) is 0 Å². The number of hydrogen-bond donors (Lipinski definition) is 1. The fourth-order valence-electron chi connectivity index (χ4n) is 7.53. The third kappa shape index (κ3) is 2.48. The van der Waals surface area contributed by atoms with Gasteiger partial charge >= 0.3 is 0 Å². The van der Waals surface area contributed by atoms with Crippen LogP contribution in [-0.4, -0.2) is 28.3 Å². The number of allylic oxidation sites excluding steroid dienone is 1. The van der Waals surface area contributed by atoms with E-state index in [0.717, 1.165) is 32.1 Å². The first-order valence-electron chi connectivity index (χ1n) is 12.3. The summed E-state index contributed by atoms with van der Waals surface area (Å²) in [5.41, 5.74) is 3.13. The zero-order valence-electron chi connectivity index (χ0n) is 20.0. The molecule has 0 amide bonds. The van der Waals surface area contributed by atoms with E-state index in [1.807, 2.05) is 6.08 Å². The molecule has 0 unspecified atom stereocenters. The van der Waals surface area contributed by atoms with Gasteiger partial charge in [0.05, 0.1) is 11.7 Å². The van der Waals surface area contributed by atoms with Gasteiger partial charge in [0.25, 0.3) is 0 Å². The van der Waals surface area contributed by atoms with Crippen LogP contribution in [0.5, 0.6) is 0 Å². The molecule has 2 saturated heterocycles. The fourth-order valence-corrected chi connectivity index (χ4v) is 7.53. The van der Waals surface area contributed by atoms with E-state index in [0.29, 0.717) is 11.8 Å². The van der Waals surface area contributed by atoms with Gasteiger partial charge in [0.15, 0.2) is 0 Å². The normalized spacial score (nSPS) is 39.5. The number of nitrogens with one attached hydrogen (secondary N) is 1. The number of ketones is 1. The summed E-state index contributed by atoms with van der Waals surface area (Å²) in [4.78, 5) is 17.1. The lowest BCUT2D eigenvalue weighted by Crippen LogP contribution is -2.63. The molecule has 4 heteroatoms. The summed E-state index contributed by atoms with van der Waals surface area (Å²) in [6.07, 6.45) is 9.32. The number of rotatable bonds is 2. The maximum absolute atomic E-state index is 13.7. The second-order valence-corrected chi connectivity index (χ2v) is 12.0. The predicted octanol–water partition coefficient (Wildman–Crippen LogP) is 5.96. The first kappa shape index (κ1) is 20.7. The molecule has 3 heterocycles. The topological polar surface area (TPSA) is 51.3 Å². The molecule has 5 atom stereocenters. The lowest BCUT2D eigenvalue weighted by molar-refractivity contribution is -0.267. The number of aromatic amines is 1. The van der Waals surface area contributed by atoms with Crippen LogP contribution in [0.4, 0.5) is 0 Å². The highest BCUT2D eigenvalue weighted by Crippen LogP contribution is 2.66. The third-order valence-corrected chi connectivity index (χ3v) is 9.63. The summed E-state index contributed by atoms with van der Waals surface area (Å²) in [5.74, 6) is -0.257. The van der Waals surface area contributed by atoms with Gasteiger partial charge in [-0.2, -0.15) is 0 Å². The average Bonchev–Trinajstić information content (AvgIpc) is 3.24. The number of para-hydroxylation sites is 1. The number of fused-ring (bicyclic) bond motifs is 4. The lowest BCUT2D eigenvalue weighted by Gasteiger charge is -2.58. The highest BCUT2D eigenvalue weighted by atomic mass is 16.8. The molecule has 3 fully saturated rings. The first-order chi connectivity index (χ1) is 15.1. The Morgan fingerprint density at radius 3 is 2.66 bits per heavy atom. The quantitative estimate of drug-likeness (QED) is 0.635. The molecule has 2 aliphatic carbocycles. The summed E-state index contributed by atoms with van der Waals surface area (Å²) >= 11 is 0. The van der Waals surface area contributed by atoms with Gasteiger partial charge in [-0.3, -0.25) is 4.79 Å². The van der Waals surface area contributed by atoms with Gasteiger partial charge in [0.1, 0.15) is 0 Å². The summed E-state index contributed by atoms with van der Waals surface area (Å²) < 4.78 is 13.0. The number of ether oxygens (including phenoxy) is 2. The van der Waals surface area contributed by atoms with Gasteiger partial charge in [0.2, 0.25) is 11.6 Å². The van der Waals surface area contributed by atoms with E-state index < -0.39 is 11.4 Å². The van der Waals surface area contributed by atoms with Gasteiger partial charge in [-0.1, -0.05) is 44.5 Å². The SMILES string of the molecule is CC1(C)O[C@]23O[C@H]1CC[C@@]2(C)[C@@H]1CC[C@@H](Cc2c[nH]c4ccccc24)C(C)(C)C1=CC3=O. The second-order valence-electron chi connectivity index (χ2n) is 12.0. The molecular weight excluding hydrogens is 398 g/mol. The zero-order valence-corrected chi connectivity index (χ0v) is 20.0. The van der Waals surface area contributed by atoms with Gasteiger partial charge < -0.3 is 14.5 Å². The van der Waals surface area contributed by atoms with E-state index in [1.165, 1.54) is 22.0 Å². The van der Waals surface area contributed by atoms with Crippen LogP contribution in [-0.2, 0) is 20.7 Å². The molecule has 4 nitrogen and oxygen atoms in total. The minimum absolute atomic E-state index is 0.000645. The lowest BCUT2D eigenvalue weighted by atomic mass is 9.49. The molecule has 1 spiro atoms. The largest absolute Gasteiger partial charge is 0.361 e. The molecule has 1 aromatic carbocycles. The highest BCUT2D eigenvalue weighted by molar-refractivity contribution is 5.99. The van der Waals surface area contributed by atoms with Crippen molar-refractivity contribution >= 4 is 16.7 Å². The Labute approximate surface area is 190 Å². The zero-order chi connectivity index (χ0) is 22.5. The Balaban J connectivity index is 1.38. The van der Waals surface area contributed by atoms with Crippen molar-refractivity contribution in [2.24, 2.45) is 22.7 Å². The molecular formula is C28H35NO3. The number of aromatic nitrogens is 1. The highest BCUT2D eigenvalue weighted by Gasteiger charge is 2.72. The summed E-state index contributed by atoms with van der Waals surface area (Å²) in [6.45, 7) is 11.1. The minimum Gasteiger partial charge on any atom is -0.361 e. The van der Waals surface area contributed by atoms with Crippen molar-refractivity contribution in [2.45, 2.75) is 84.2 Å². The van der Waals surface area contributed by atoms with Crippen LogP contribution >= 0.6 is 0 Å². The van der Waals surface area contributed by atoms with E-state index in [2.05, 4.69) is 70.1 Å². The maximum atomic E-state index is 13.7. The van der Waals surface area contributed by atoms with Crippen molar-refractivity contribution in [3.8, 4) is 0 Å². The van der Waals surface area contributed by atoms with E-state index in [1.54, 1.807) is 0 Å². The number of carbonyl (C=O) groups is 1. The van der Waals surface area contributed by atoms with E-state index in [-0.39, 0.29) is 22.7 Å². The van der Waals surface area contributed by atoms with Crippen LogP contribution in [0.2, 0.25) is 0 Å². The van der Waals surface area contributed by atoms with Crippen molar-refractivity contribution < 1.29 is 14.3 Å². The summed E-state index contributed by atoms with van der Waals surface area (Å²) in [6, 6.07) is 8.55. The molecule has 6 rings (SSSR count). The Morgan fingerprint density at radius 1 is 1.06 bits per heavy atom. The molecule has 2 aliphatic heterocycles. The van der Waals surface area contributed by atoms with Gasteiger partial charge in [0, 0.05) is 22.5 Å². The maximum Gasteiger partial charge on any atom is 0.240 e. The molecule has 1 aromatic heterocycles. The Kier molecular flexibility index (Phi) is 4.11. The van der Waals surface area contributed by atoms with Crippen LogP contribution in [0.1, 0.15) is 65.9 Å². The number of carbonyl (C=O) groups excluding carboxylic acids is 1. The van der Waals surface area contributed by atoms with Crippen molar-refractivity contribution in [1.82, 2.24) is 4.98 Å². The van der Waals surface area contributed by atoms with E-state index in [4.69, 9.17) is 9.47 Å². The Morgan fingerprint density at radius 2 is 1.84 bits per heavy atom. The predicted molar refractivity (Wildman–Crippen MR) is 125 cm³/mol. The molecule has 1 N–H and O–H groups in total. The van der Waals surface area contributed by atoms with Gasteiger partial charge in [-0.15, -0.1) is 0 Å².